The quantitative estimate of drug-likeness (QED) is 0.173. The van der Waals surface area contributed by atoms with Crippen molar-refractivity contribution in [3.8, 4) is 11.5 Å². The SMILES string of the molecule is COc1cc2c(N(c3cccc(F)c3)c3cc(CC(N)=O)[nH]n3)ncnc2cc1OCCCNCC(C)(C)CO. The Morgan fingerprint density at radius 2 is 2.02 bits per heavy atom. The van der Waals surface area contributed by atoms with E-state index >= 15 is 0 Å². The molecule has 0 aliphatic heterocycles. The van der Waals surface area contributed by atoms with Gasteiger partial charge in [0.15, 0.2) is 17.3 Å². The summed E-state index contributed by atoms with van der Waals surface area (Å²) in [7, 11) is 1.55. The predicted octanol–water partition coefficient (Wildman–Crippen LogP) is 3.38. The van der Waals surface area contributed by atoms with Gasteiger partial charge in [-0.1, -0.05) is 19.9 Å². The number of benzene rings is 2. The summed E-state index contributed by atoms with van der Waals surface area (Å²) in [5.41, 5.74) is 6.72. The summed E-state index contributed by atoms with van der Waals surface area (Å²) in [4.78, 5) is 22.0. The number of anilines is 3. The van der Waals surface area contributed by atoms with E-state index in [-0.39, 0.29) is 18.4 Å². The first-order chi connectivity index (χ1) is 19.2. The number of carbonyl (C=O) groups is 1. The van der Waals surface area contributed by atoms with Gasteiger partial charge in [-0.05, 0) is 37.2 Å². The summed E-state index contributed by atoms with van der Waals surface area (Å²) in [5, 5.41) is 20.5. The van der Waals surface area contributed by atoms with Crippen LogP contribution in [0.4, 0.5) is 21.7 Å². The van der Waals surface area contributed by atoms with E-state index in [0.717, 1.165) is 13.0 Å². The van der Waals surface area contributed by atoms with Crippen LogP contribution in [0.3, 0.4) is 0 Å². The smallest absolute Gasteiger partial charge is 0.223 e. The van der Waals surface area contributed by atoms with Crippen LogP contribution in [0.2, 0.25) is 0 Å². The number of methoxy groups -OCH3 is 1. The zero-order valence-electron chi connectivity index (χ0n) is 22.8. The molecule has 0 atom stereocenters. The molecule has 2 heterocycles. The van der Waals surface area contributed by atoms with E-state index in [4.69, 9.17) is 15.2 Å². The third-order valence-electron chi connectivity index (χ3n) is 6.18. The fourth-order valence-electron chi connectivity index (χ4n) is 4.08. The Balaban J connectivity index is 1.64. The number of aliphatic hydroxyl groups is 1. The second kappa shape index (κ2) is 12.7. The Bertz CT molecular complexity index is 1460. The molecule has 40 heavy (non-hydrogen) atoms. The van der Waals surface area contributed by atoms with Crippen molar-refractivity contribution < 1.29 is 23.8 Å². The van der Waals surface area contributed by atoms with Crippen LogP contribution in [0.25, 0.3) is 10.9 Å². The lowest BCUT2D eigenvalue weighted by molar-refractivity contribution is -0.117. The summed E-state index contributed by atoms with van der Waals surface area (Å²) in [6, 6.07) is 11.2. The number of nitrogens with zero attached hydrogens (tertiary/aromatic N) is 4. The maximum atomic E-state index is 14.3. The van der Waals surface area contributed by atoms with Gasteiger partial charge < -0.3 is 25.6 Å². The molecule has 0 aliphatic carbocycles. The molecule has 0 fully saturated rings. The van der Waals surface area contributed by atoms with Crippen LogP contribution in [0.5, 0.6) is 11.5 Å². The second-order valence-electron chi connectivity index (χ2n) is 10.1. The van der Waals surface area contributed by atoms with Crippen molar-refractivity contribution in [3.63, 3.8) is 0 Å². The maximum Gasteiger partial charge on any atom is 0.223 e. The van der Waals surface area contributed by atoms with Gasteiger partial charge in [0.25, 0.3) is 0 Å². The van der Waals surface area contributed by atoms with Crippen molar-refractivity contribution in [2.75, 3.05) is 38.3 Å². The molecular formula is C28H34FN7O4. The normalized spacial score (nSPS) is 11.5. The Hall–Kier alpha value is -4.29. The van der Waals surface area contributed by atoms with Crippen LogP contribution in [0.15, 0.2) is 48.8 Å². The van der Waals surface area contributed by atoms with Crippen LogP contribution in [-0.2, 0) is 11.2 Å². The van der Waals surface area contributed by atoms with Gasteiger partial charge in [0, 0.05) is 41.8 Å². The Morgan fingerprint density at radius 1 is 1.20 bits per heavy atom. The van der Waals surface area contributed by atoms with Gasteiger partial charge >= 0.3 is 0 Å². The zero-order chi connectivity index (χ0) is 28.7. The molecule has 1 amide bonds. The summed E-state index contributed by atoms with van der Waals surface area (Å²) in [6.07, 6.45) is 2.12. The first-order valence-corrected chi connectivity index (χ1v) is 12.9. The highest BCUT2D eigenvalue weighted by Gasteiger charge is 2.22. The lowest BCUT2D eigenvalue weighted by Crippen LogP contribution is -2.33. The van der Waals surface area contributed by atoms with E-state index < -0.39 is 11.7 Å². The standard InChI is InChI=1S/C28H34FN7O4/c1-28(2,16-37)15-31-8-5-9-40-24-14-22-21(13-23(24)39-3)27(33-17-32-22)36(20-7-4-6-18(29)10-20)26-12-19(34-35-26)11-25(30)38/h4,6-7,10,12-14,17,31,37H,5,8-9,11,15-16H2,1-3H3,(H2,30,38)(H,34,35). The average molecular weight is 552 g/mol. The van der Waals surface area contributed by atoms with Gasteiger partial charge in [-0.25, -0.2) is 14.4 Å². The van der Waals surface area contributed by atoms with Crippen LogP contribution in [-0.4, -0.2) is 64.6 Å². The number of carbonyl (C=O) groups excluding carboxylic acids is 1. The van der Waals surface area contributed by atoms with Crippen LogP contribution in [0, 0.1) is 11.2 Å². The molecule has 2 aromatic heterocycles. The molecule has 5 N–H and O–H groups in total. The third-order valence-corrected chi connectivity index (χ3v) is 6.18. The molecule has 0 spiro atoms. The summed E-state index contributed by atoms with van der Waals surface area (Å²) >= 11 is 0. The third kappa shape index (κ3) is 7.01. The number of hydrogen-bond donors (Lipinski definition) is 4. The monoisotopic (exact) mass is 551 g/mol. The van der Waals surface area contributed by atoms with Crippen LogP contribution < -0.4 is 25.4 Å². The number of hydrogen-bond acceptors (Lipinski definition) is 9. The molecule has 11 nitrogen and oxygen atoms in total. The minimum Gasteiger partial charge on any atom is -0.493 e. The van der Waals surface area contributed by atoms with Gasteiger partial charge in [-0.2, -0.15) is 5.10 Å². The molecule has 4 rings (SSSR count). The zero-order valence-corrected chi connectivity index (χ0v) is 22.8. The van der Waals surface area contributed by atoms with Gasteiger partial charge in [-0.3, -0.25) is 14.8 Å². The van der Waals surface area contributed by atoms with E-state index in [0.29, 0.717) is 58.6 Å². The second-order valence-corrected chi connectivity index (χ2v) is 10.1. The molecule has 212 valence electrons. The lowest BCUT2D eigenvalue weighted by atomic mass is 9.95. The first kappa shape index (κ1) is 28.7. The molecule has 0 aliphatic rings. The van der Waals surface area contributed by atoms with Crippen LogP contribution in [0.1, 0.15) is 26.0 Å². The average Bonchev–Trinajstić information content (AvgIpc) is 3.37. The minimum absolute atomic E-state index is 0.0300. The maximum absolute atomic E-state index is 14.3. The molecular weight excluding hydrogens is 517 g/mol. The van der Waals surface area contributed by atoms with Gasteiger partial charge in [0.05, 0.1) is 31.3 Å². The number of halogens is 1. The minimum atomic E-state index is -0.512. The molecule has 0 bridgehead atoms. The highest BCUT2D eigenvalue weighted by molar-refractivity contribution is 5.96. The Labute approximate surface area is 231 Å². The molecule has 12 heteroatoms. The van der Waals surface area contributed by atoms with E-state index in [1.807, 2.05) is 13.8 Å². The van der Waals surface area contributed by atoms with Crippen molar-refractivity contribution in [2.24, 2.45) is 11.1 Å². The van der Waals surface area contributed by atoms with Crippen molar-refractivity contribution in [3.05, 3.63) is 60.3 Å². The van der Waals surface area contributed by atoms with E-state index in [9.17, 15) is 14.3 Å². The van der Waals surface area contributed by atoms with E-state index in [2.05, 4.69) is 25.5 Å². The fourth-order valence-corrected chi connectivity index (χ4v) is 4.08. The Morgan fingerprint density at radius 3 is 2.75 bits per heavy atom. The number of ether oxygens (including phenoxy) is 2. The number of fused-ring (bicyclic) bond motifs is 1. The topological polar surface area (TPSA) is 152 Å². The van der Waals surface area contributed by atoms with Gasteiger partial charge in [-0.15, -0.1) is 0 Å². The lowest BCUT2D eigenvalue weighted by Gasteiger charge is -2.23. The number of nitrogens with two attached hydrogens (primary N) is 1. The molecule has 4 aromatic rings. The van der Waals surface area contributed by atoms with E-state index in [1.165, 1.54) is 18.5 Å². The number of amides is 1. The number of aromatic nitrogens is 4. The largest absolute Gasteiger partial charge is 0.493 e. The van der Waals surface area contributed by atoms with Crippen molar-refractivity contribution >= 4 is 34.1 Å². The molecule has 0 radical (unpaired) electrons. The summed E-state index contributed by atoms with van der Waals surface area (Å²) in [5.74, 6) is 0.870. The number of aromatic amines is 1. The number of rotatable bonds is 14. The van der Waals surface area contributed by atoms with Gasteiger partial charge in [0.2, 0.25) is 5.91 Å². The number of aliphatic hydroxyl groups excluding tert-OH is 1. The van der Waals surface area contributed by atoms with Crippen molar-refractivity contribution in [1.82, 2.24) is 25.5 Å². The number of H-pyrrole nitrogens is 1. The molecule has 0 saturated carbocycles. The summed E-state index contributed by atoms with van der Waals surface area (Å²) < 4.78 is 25.9. The predicted molar refractivity (Wildman–Crippen MR) is 150 cm³/mol. The number of primary amides is 1. The fraction of sp³-hybridized carbons (Fsp3) is 0.357. The molecule has 0 saturated heterocycles. The van der Waals surface area contributed by atoms with Gasteiger partial charge in [0.1, 0.15) is 18.0 Å². The Kier molecular flexibility index (Phi) is 9.12. The summed E-state index contributed by atoms with van der Waals surface area (Å²) in [6.45, 7) is 5.97. The first-order valence-electron chi connectivity index (χ1n) is 12.9. The molecule has 0 unspecified atom stereocenters. The highest BCUT2D eigenvalue weighted by Crippen LogP contribution is 2.40. The highest BCUT2D eigenvalue weighted by atomic mass is 19.1. The van der Waals surface area contributed by atoms with Crippen LogP contribution >= 0.6 is 0 Å². The molecule has 2 aromatic carbocycles. The van der Waals surface area contributed by atoms with E-state index in [1.54, 1.807) is 42.3 Å². The number of nitrogens with one attached hydrogen (secondary N) is 2. The van der Waals surface area contributed by atoms with Crippen molar-refractivity contribution in [1.29, 1.82) is 0 Å². The van der Waals surface area contributed by atoms with Crippen molar-refractivity contribution in [2.45, 2.75) is 26.7 Å².